The smallest absolute Gasteiger partial charge is 0.323 e. The number of carbonyl (C=O) groups excluding carboxylic acids is 4. The van der Waals surface area contributed by atoms with E-state index < -0.39 is 74.8 Å². The van der Waals surface area contributed by atoms with Gasteiger partial charge >= 0.3 is 11.9 Å². The van der Waals surface area contributed by atoms with Gasteiger partial charge in [0.25, 0.3) is 0 Å². The zero-order chi connectivity index (χ0) is 20.9. The normalized spacial score (nSPS) is 9.04. The molecule has 15 heteroatoms. The fourth-order valence-electron chi connectivity index (χ4n) is 1.34. The van der Waals surface area contributed by atoms with E-state index in [9.17, 15) is 28.8 Å². The van der Waals surface area contributed by atoms with Gasteiger partial charge in [-0.25, -0.2) is 0 Å². The average Bonchev–Trinajstić information content (AvgIpc) is 2.61. The number of rotatable bonds is 8. The molecule has 0 aliphatic carbocycles. The molecule has 159 valence electrons. The molecule has 0 unspecified atom stereocenters. The van der Waals surface area contributed by atoms with Gasteiger partial charge in [0.1, 0.15) is 13.1 Å². The molecule has 0 rings (SSSR count). The van der Waals surface area contributed by atoms with Crippen LogP contribution >= 0.6 is 0 Å². The van der Waals surface area contributed by atoms with Gasteiger partial charge in [0.15, 0.2) is 0 Å². The van der Waals surface area contributed by atoms with Gasteiger partial charge in [0.05, 0.1) is 26.2 Å². The largest absolute Gasteiger partial charge is 0.480 e. The van der Waals surface area contributed by atoms with Crippen LogP contribution < -0.4 is 22.9 Å². The Balaban J connectivity index is -0.000000411. The zero-order valence-corrected chi connectivity index (χ0v) is 15.0. The molecule has 27 heavy (non-hydrogen) atoms. The SMILES string of the molecule is NCC(=O)N(CC(=O)O)C(=O)CN.NCC(=O)N(CC(=O)O)C(=O)CN.[Cu]. The van der Waals surface area contributed by atoms with Crippen LogP contribution in [0, 0.1) is 0 Å². The van der Waals surface area contributed by atoms with Gasteiger partial charge in [-0.05, 0) is 0 Å². The predicted octanol–water partition coefficient (Wildman–Crippen LogP) is -5.32. The number of imide groups is 2. The summed E-state index contributed by atoms with van der Waals surface area (Å²) in [5, 5.41) is 16.7. The molecular formula is C12H22CuN6O8. The van der Waals surface area contributed by atoms with Gasteiger partial charge in [0.2, 0.25) is 23.6 Å². The van der Waals surface area contributed by atoms with Crippen LogP contribution in [0.25, 0.3) is 0 Å². The molecular weight excluding hydrogens is 420 g/mol. The molecule has 0 aliphatic rings. The Hall–Kier alpha value is -2.42. The van der Waals surface area contributed by atoms with Crippen LogP contribution in [-0.2, 0) is 45.8 Å². The molecule has 0 aromatic rings. The van der Waals surface area contributed by atoms with Crippen molar-refractivity contribution in [3.8, 4) is 0 Å². The Labute approximate surface area is 164 Å². The van der Waals surface area contributed by atoms with Crippen LogP contribution in [0.2, 0.25) is 0 Å². The summed E-state index contributed by atoms with van der Waals surface area (Å²) in [6.07, 6.45) is 0. The number of amides is 4. The van der Waals surface area contributed by atoms with Crippen molar-refractivity contribution in [2.24, 2.45) is 22.9 Å². The van der Waals surface area contributed by atoms with E-state index in [1.807, 2.05) is 0 Å². The van der Waals surface area contributed by atoms with Crippen molar-refractivity contribution in [3.05, 3.63) is 0 Å². The maximum absolute atomic E-state index is 10.9. The van der Waals surface area contributed by atoms with Crippen molar-refractivity contribution in [3.63, 3.8) is 0 Å². The first-order chi connectivity index (χ1) is 12.0. The third kappa shape index (κ3) is 12.5. The topological polar surface area (TPSA) is 253 Å². The number of aliphatic carboxylic acids is 2. The number of carbonyl (C=O) groups is 6. The van der Waals surface area contributed by atoms with Crippen molar-refractivity contribution < 1.29 is 56.0 Å². The monoisotopic (exact) mass is 441 g/mol. The summed E-state index contributed by atoms with van der Waals surface area (Å²) >= 11 is 0. The Kier molecular flexibility index (Phi) is 17.2. The molecule has 0 saturated carbocycles. The molecule has 0 saturated heterocycles. The van der Waals surface area contributed by atoms with E-state index in [2.05, 4.69) is 0 Å². The van der Waals surface area contributed by atoms with Gasteiger partial charge in [0, 0.05) is 17.1 Å². The second kappa shape index (κ2) is 15.8. The third-order valence-electron chi connectivity index (χ3n) is 2.49. The van der Waals surface area contributed by atoms with E-state index >= 15 is 0 Å². The first-order valence-electron chi connectivity index (χ1n) is 6.95. The number of nitrogens with zero attached hydrogens (tertiary/aromatic N) is 2. The van der Waals surface area contributed by atoms with E-state index in [0.717, 1.165) is 0 Å². The summed E-state index contributed by atoms with van der Waals surface area (Å²) in [5.74, 6) is -5.58. The molecule has 0 aromatic heterocycles. The minimum atomic E-state index is -1.29. The summed E-state index contributed by atoms with van der Waals surface area (Å²) in [6.45, 7) is -3.08. The molecule has 0 atom stereocenters. The predicted molar refractivity (Wildman–Crippen MR) is 84.9 cm³/mol. The third-order valence-corrected chi connectivity index (χ3v) is 2.49. The fraction of sp³-hybridized carbons (Fsp3) is 0.500. The Morgan fingerprint density at radius 3 is 0.852 bits per heavy atom. The van der Waals surface area contributed by atoms with Gasteiger partial charge in [-0.2, -0.15) is 0 Å². The van der Waals surface area contributed by atoms with Crippen LogP contribution in [0.5, 0.6) is 0 Å². The second-order valence-electron chi connectivity index (χ2n) is 4.35. The molecule has 4 amide bonds. The van der Waals surface area contributed by atoms with Gasteiger partial charge in [-0.15, -0.1) is 0 Å². The van der Waals surface area contributed by atoms with Crippen molar-refractivity contribution in [2.45, 2.75) is 0 Å². The number of hydrogen-bond acceptors (Lipinski definition) is 10. The van der Waals surface area contributed by atoms with Gasteiger partial charge < -0.3 is 33.1 Å². The molecule has 14 nitrogen and oxygen atoms in total. The van der Waals surface area contributed by atoms with Crippen LogP contribution in [0.3, 0.4) is 0 Å². The molecule has 0 fully saturated rings. The summed E-state index contributed by atoms with van der Waals surface area (Å²) in [4.78, 5) is 65.1. The maximum atomic E-state index is 10.9. The van der Waals surface area contributed by atoms with E-state index in [4.69, 9.17) is 33.1 Å². The number of hydrogen-bond donors (Lipinski definition) is 6. The summed E-state index contributed by atoms with van der Waals surface area (Å²) in [5.41, 5.74) is 19.9. The molecule has 0 aromatic carbocycles. The summed E-state index contributed by atoms with van der Waals surface area (Å²) in [6, 6.07) is 0. The Morgan fingerprint density at radius 1 is 0.556 bits per heavy atom. The Morgan fingerprint density at radius 2 is 0.741 bits per heavy atom. The van der Waals surface area contributed by atoms with Crippen molar-refractivity contribution in [2.75, 3.05) is 39.3 Å². The summed E-state index contributed by atoms with van der Waals surface area (Å²) < 4.78 is 0. The van der Waals surface area contributed by atoms with E-state index in [0.29, 0.717) is 9.80 Å². The zero-order valence-electron chi connectivity index (χ0n) is 14.1. The van der Waals surface area contributed by atoms with Crippen LogP contribution in [-0.4, -0.2) is 94.8 Å². The van der Waals surface area contributed by atoms with Crippen LogP contribution in [0.15, 0.2) is 0 Å². The molecule has 0 spiro atoms. The molecule has 0 heterocycles. The van der Waals surface area contributed by atoms with Gasteiger partial charge in [-0.3, -0.25) is 38.6 Å². The molecule has 0 bridgehead atoms. The number of carboxylic acids is 2. The van der Waals surface area contributed by atoms with E-state index in [1.54, 1.807) is 0 Å². The first kappa shape index (κ1) is 29.3. The van der Waals surface area contributed by atoms with E-state index in [-0.39, 0.29) is 17.1 Å². The quantitative estimate of drug-likeness (QED) is 0.193. The van der Waals surface area contributed by atoms with Crippen molar-refractivity contribution >= 4 is 35.6 Å². The minimum Gasteiger partial charge on any atom is -0.480 e. The van der Waals surface area contributed by atoms with E-state index in [1.165, 1.54) is 0 Å². The fourth-order valence-corrected chi connectivity index (χ4v) is 1.34. The van der Waals surface area contributed by atoms with Crippen molar-refractivity contribution in [1.82, 2.24) is 9.80 Å². The first-order valence-corrected chi connectivity index (χ1v) is 6.95. The molecule has 10 N–H and O–H groups in total. The second-order valence-corrected chi connectivity index (χ2v) is 4.35. The van der Waals surface area contributed by atoms with Crippen LogP contribution in [0.1, 0.15) is 0 Å². The van der Waals surface area contributed by atoms with Gasteiger partial charge in [-0.1, -0.05) is 0 Å². The minimum absolute atomic E-state index is 0. The maximum Gasteiger partial charge on any atom is 0.323 e. The summed E-state index contributed by atoms with van der Waals surface area (Å²) in [7, 11) is 0. The Bertz CT molecular complexity index is 478. The molecule has 1 radical (unpaired) electrons. The van der Waals surface area contributed by atoms with Crippen molar-refractivity contribution in [1.29, 1.82) is 0 Å². The number of nitrogens with two attached hydrogens (primary N) is 4. The molecule has 0 aliphatic heterocycles. The standard InChI is InChI=1S/2C6H11N3O4.Cu/c2*7-1-4(10)9(3-6(12)13)5(11)2-8;/h2*1-3,7-8H2,(H,12,13);. The number of carboxylic acid groups (broad SMARTS) is 2. The average molecular weight is 442 g/mol. The van der Waals surface area contributed by atoms with Crippen LogP contribution in [0.4, 0.5) is 0 Å².